The molecule has 0 aliphatic heterocycles. The Morgan fingerprint density at radius 3 is 2.29 bits per heavy atom. The maximum absolute atomic E-state index is 14.0. The molecular formula is C37H59N5O6S. The maximum Gasteiger partial charge on any atom is 0.306 e. The molecule has 0 aliphatic rings. The Labute approximate surface area is 297 Å². The predicted octanol–water partition coefficient (Wildman–Crippen LogP) is 5.47. The second kappa shape index (κ2) is 21.7. The van der Waals surface area contributed by atoms with Crippen LogP contribution in [0, 0.1) is 17.8 Å². The van der Waals surface area contributed by atoms with E-state index in [1.165, 1.54) is 11.3 Å². The fourth-order valence-corrected chi connectivity index (χ4v) is 6.78. The SMILES string of the molecule is CC[C@H](C)[C@H](NC(=O)CCCCCNC)C(=O)N(C)C(C[C@@H](OC)c1nc(C(=O)N[C@@H](Cc2ccccc2)C[C@H](C)C(=O)O)cs1)C(C)C. The molecule has 1 heterocycles. The molecule has 0 bridgehead atoms. The number of rotatable bonds is 23. The van der Waals surface area contributed by atoms with Gasteiger partial charge in [0.05, 0.1) is 5.92 Å². The highest BCUT2D eigenvalue weighted by Crippen LogP contribution is 2.30. The predicted molar refractivity (Wildman–Crippen MR) is 194 cm³/mol. The number of carbonyl (C=O) groups is 4. The molecule has 1 aromatic heterocycles. The Balaban J connectivity index is 2.16. The number of hydrogen-bond acceptors (Lipinski definition) is 8. The molecule has 274 valence electrons. The highest BCUT2D eigenvalue weighted by molar-refractivity contribution is 7.09. The largest absolute Gasteiger partial charge is 0.481 e. The third-order valence-corrected chi connectivity index (χ3v) is 10.2. The van der Waals surface area contributed by atoms with Crippen LogP contribution in [0.2, 0.25) is 0 Å². The van der Waals surface area contributed by atoms with Crippen molar-refractivity contribution in [3.63, 3.8) is 0 Å². The molecule has 49 heavy (non-hydrogen) atoms. The van der Waals surface area contributed by atoms with Crippen molar-refractivity contribution in [2.24, 2.45) is 17.8 Å². The van der Waals surface area contributed by atoms with Gasteiger partial charge in [-0.1, -0.05) is 77.8 Å². The molecular weight excluding hydrogens is 643 g/mol. The standard InChI is InChI=1S/C37H59N5O6S/c1-9-25(4)33(41-32(43)18-14-11-15-19-38-6)36(45)42(7)30(24(2)3)22-31(48-8)35-40-29(23-49-35)34(44)39-28(20-26(5)37(46)47)21-27-16-12-10-13-17-27/h10,12-13,16-17,23-26,28,30-31,33,38H,9,11,14-15,18-22H2,1-8H3,(H,39,44)(H,41,43)(H,46,47)/t25-,26-,28+,30?,31+,33-/m0/s1. The molecule has 12 heteroatoms. The quantitative estimate of drug-likeness (QED) is 0.112. The number of aromatic nitrogens is 1. The molecule has 0 aliphatic carbocycles. The monoisotopic (exact) mass is 701 g/mol. The smallest absolute Gasteiger partial charge is 0.306 e. The van der Waals surface area contributed by atoms with E-state index in [9.17, 15) is 24.3 Å². The maximum atomic E-state index is 14.0. The average molecular weight is 702 g/mol. The van der Waals surface area contributed by atoms with Crippen molar-refractivity contribution in [2.45, 2.75) is 110 Å². The molecule has 1 aromatic carbocycles. The zero-order valence-corrected chi connectivity index (χ0v) is 31.5. The first-order valence-corrected chi connectivity index (χ1v) is 18.5. The second-order valence-electron chi connectivity index (χ2n) is 13.5. The Morgan fingerprint density at radius 2 is 1.69 bits per heavy atom. The van der Waals surface area contributed by atoms with Crippen molar-refractivity contribution in [2.75, 3.05) is 27.7 Å². The van der Waals surface area contributed by atoms with E-state index in [1.807, 2.05) is 51.2 Å². The van der Waals surface area contributed by atoms with Gasteiger partial charge in [-0.25, -0.2) is 4.98 Å². The van der Waals surface area contributed by atoms with Crippen molar-refractivity contribution in [1.82, 2.24) is 25.8 Å². The number of amides is 3. The van der Waals surface area contributed by atoms with Gasteiger partial charge >= 0.3 is 5.97 Å². The zero-order valence-electron chi connectivity index (χ0n) is 30.7. The normalized spacial score (nSPS) is 15.1. The van der Waals surface area contributed by atoms with Gasteiger partial charge in [-0.15, -0.1) is 11.3 Å². The van der Waals surface area contributed by atoms with Crippen molar-refractivity contribution in [1.29, 1.82) is 0 Å². The third-order valence-electron chi connectivity index (χ3n) is 9.23. The number of likely N-dealkylation sites (N-methyl/N-ethyl adjacent to an activating group) is 1. The average Bonchev–Trinajstić information content (AvgIpc) is 3.57. The molecule has 1 unspecified atom stereocenters. The summed E-state index contributed by atoms with van der Waals surface area (Å²) in [5, 5.41) is 21.0. The summed E-state index contributed by atoms with van der Waals surface area (Å²) in [4.78, 5) is 58.2. The highest BCUT2D eigenvalue weighted by atomic mass is 32.1. The fraction of sp³-hybridized carbons (Fsp3) is 0.649. The minimum Gasteiger partial charge on any atom is -0.481 e. The summed E-state index contributed by atoms with van der Waals surface area (Å²) in [6.45, 7) is 10.7. The van der Waals surface area contributed by atoms with E-state index < -0.39 is 30.1 Å². The number of hydrogen-bond donors (Lipinski definition) is 4. The Hall–Kier alpha value is -3.35. The lowest BCUT2D eigenvalue weighted by Gasteiger charge is -2.37. The summed E-state index contributed by atoms with van der Waals surface area (Å²) >= 11 is 1.31. The number of aliphatic carboxylic acids is 1. The molecule has 4 N–H and O–H groups in total. The van der Waals surface area contributed by atoms with Gasteiger partial charge in [0.25, 0.3) is 5.91 Å². The van der Waals surface area contributed by atoms with E-state index in [2.05, 4.69) is 34.8 Å². The van der Waals surface area contributed by atoms with Crippen LogP contribution in [0.25, 0.3) is 0 Å². The summed E-state index contributed by atoms with van der Waals surface area (Å²) in [6.07, 6.45) is 4.60. The van der Waals surface area contributed by atoms with Gasteiger partial charge in [-0.05, 0) is 56.7 Å². The van der Waals surface area contributed by atoms with Crippen molar-refractivity contribution in [3.8, 4) is 0 Å². The molecule has 6 atom stereocenters. The van der Waals surface area contributed by atoms with Gasteiger partial charge in [0.2, 0.25) is 11.8 Å². The number of thiazole rings is 1. The summed E-state index contributed by atoms with van der Waals surface area (Å²) in [5.74, 6) is -2.13. The van der Waals surface area contributed by atoms with Crippen LogP contribution in [-0.4, -0.2) is 84.6 Å². The molecule has 0 radical (unpaired) electrons. The van der Waals surface area contributed by atoms with Crippen LogP contribution in [0.5, 0.6) is 0 Å². The van der Waals surface area contributed by atoms with E-state index in [0.717, 1.165) is 37.8 Å². The second-order valence-corrected chi connectivity index (χ2v) is 14.4. The van der Waals surface area contributed by atoms with Crippen LogP contribution in [-0.2, 0) is 25.5 Å². The number of nitrogens with zero attached hydrogens (tertiary/aromatic N) is 2. The van der Waals surface area contributed by atoms with Crippen molar-refractivity contribution in [3.05, 3.63) is 52.0 Å². The third kappa shape index (κ3) is 13.8. The first kappa shape index (κ1) is 41.8. The number of unbranched alkanes of at least 4 members (excludes halogenated alkanes) is 2. The first-order valence-electron chi connectivity index (χ1n) is 17.6. The van der Waals surface area contributed by atoms with Gasteiger partial charge in [-0.3, -0.25) is 19.2 Å². The minimum absolute atomic E-state index is 0.0431. The minimum atomic E-state index is -0.914. The van der Waals surface area contributed by atoms with Crippen molar-refractivity contribution >= 4 is 35.0 Å². The molecule has 2 rings (SSSR count). The van der Waals surface area contributed by atoms with Gasteiger partial charge in [0.1, 0.15) is 22.8 Å². The number of methoxy groups -OCH3 is 1. The molecule has 3 amide bonds. The fourth-order valence-electron chi connectivity index (χ4n) is 5.89. The van der Waals surface area contributed by atoms with E-state index >= 15 is 0 Å². The molecule has 0 fully saturated rings. The van der Waals surface area contributed by atoms with E-state index in [-0.39, 0.29) is 47.7 Å². The van der Waals surface area contributed by atoms with Gasteiger partial charge in [0.15, 0.2) is 0 Å². The number of carboxylic acids is 1. The molecule has 0 spiro atoms. The van der Waals surface area contributed by atoms with Crippen LogP contribution in [0.3, 0.4) is 0 Å². The van der Waals surface area contributed by atoms with Crippen LogP contribution < -0.4 is 16.0 Å². The zero-order chi connectivity index (χ0) is 36.5. The summed E-state index contributed by atoms with van der Waals surface area (Å²) in [5.41, 5.74) is 1.23. The van der Waals surface area contributed by atoms with Gasteiger partial charge in [0, 0.05) is 44.5 Å². The molecule has 11 nitrogen and oxygen atoms in total. The summed E-state index contributed by atoms with van der Waals surface area (Å²) < 4.78 is 5.88. The lowest BCUT2D eigenvalue weighted by molar-refractivity contribution is -0.141. The Bertz CT molecular complexity index is 1310. The topological polar surface area (TPSA) is 150 Å². The summed E-state index contributed by atoms with van der Waals surface area (Å²) in [6, 6.07) is 8.39. The van der Waals surface area contributed by atoms with E-state index in [0.29, 0.717) is 24.3 Å². The van der Waals surface area contributed by atoms with Gasteiger partial charge in [-0.2, -0.15) is 0 Å². The lowest BCUT2D eigenvalue weighted by atomic mass is 9.93. The van der Waals surface area contributed by atoms with Crippen molar-refractivity contribution < 1.29 is 29.0 Å². The van der Waals surface area contributed by atoms with Gasteiger partial charge < -0.3 is 30.7 Å². The first-order chi connectivity index (χ1) is 23.3. The number of nitrogens with one attached hydrogen (secondary N) is 3. The summed E-state index contributed by atoms with van der Waals surface area (Å²) in [7, 11) is 5.28. The Kier molecular flexibility index (Phi) is 18.5. The van der Waals surface area contributed by atoms with E-state index in [4.69, 9.17) is 4.74 Å². The van der Waals surface area contributed by atoms with E-state index in [1.54, 1.807) is 31.4 Å². The molecule has 2 aromatic rings. The van der Waals surface area contributed by atoms with Crippen LogP contribution in [0.15, 0.2) is 35.7 Å². The number of carbonyl (C=O) groups excluding carboxylic acids is 3. The number of carboxylic acid groups (broad SMARTS) is 1. The van der Waals surface area contributed by atoms with Crippen LogP contribution in [0.1, 0.15) is 107 Å². The Morgan fingerprint density at radius 1 is 1.00 bits per heavy atom. The highest BCUT2D eigenvalue weighted by Gasteiger charge is 2.35. The number of ether oxygens (including phenoxy) is 1. The molecule has 0 saturated carbocycles. The lowest BCUT2D eigenvalue weighted by Crippen LogP contribution is -2.54. The van der Waals surface area contributed by atoms with Crippen LogP contribution in [0.4, 0.5) is 0 Å². The van der Waals surface area contributed by atoms with Crippen LogP contribution >= 0.6 is 11.3 Å². The number of benzene rings is 1. The molecule has 0 saturated heterocycles.